The molecule has 3 aromatic heterocycles. The van der Waals surface area contributed by atoms with E-state index in [0.29, 0.717) is 34.4 Å². The average molecular weight is 411 g/mol. The van der Waals surface area contributed by atoms with Gasteiger partial charge in [0.15, 0.2) is 11.1 Å². The number of imidazole rings is 1. The highest BCUT2D eigenvalue weighted by molar-refractivity contribution is 5.68. The van der Waals surface area contributed by atoms with Crippen LogP contribution in [0.25, 0.3) is 17.2 Å². The predicted octanol–water partition coefficient (Wildman–Crippen LogP) is 1.96. The summed E-state index contributed by atoms with van der Waals surface area (Å²) in [6.07, 6.45) is 8.16. The van der Waals surface area contributed by atoms with Gasteiger partial charge in [0.2, 0.25) is 0 Å². The molecule has 4 N–H and O–H groups in total. The van der Waals surface area contributed by atoms with Crippen molar-refractivity contribution in [3.05, 3.63) is 51.5 Å². The number of aryl methyl sites for hydroxylation is 1. The molecule has 1 aliphatic heterocycles. The summed E-state index contributed by atoms with van der Waals surface area (Å²) in [7, 11) is 0. The number of nitrogens with one attached hydrogen (secondary N) is 2. The number of H-pyrrole nitrogens is 1. The fourth-order valence-corrected chi connectivity index (χ4v) is 4.54. The fraction of sp³-hybridized carbons (Fsp3) is 0.429. The molecular weight excluding hydrogens is 386 g/mol. The van der Waals surface area contributed by atoms with Crippen molar-refractivity contribution >= 4 is 17.2 Å². The van der Waals surface area contributed by atoms with Crippen LogP contribution < -0.4 is 15.9 Å². The van der Waals surface area contributed by atoms with Crippen LogP contribution in [0.4, 0.5) is 0 Å². The van der Waals surface area contributed by atoms with Crippen molar-refractivity contribution in [2.45, 2.75) is 45.8 Å². The molecule has 0 amide bonds. The molecule has 3 atom stereocenters. The quantitative estimate of drug-likeness (QED) is 0.677. The Morgan fingerprint density at radius 1 is 1.40 bits per heavy atom. The molecule has 1 unspecified atom stereocenters. The Morgan fingerprint density at radius 3 is 3.07 bits per heavy atom. The van der Waals surface area contributed by atoms with Gasteiger partial charge in [-0.15, -0.1) is 0 Å². The van der Waals surface area contributed by atoms with Gasteiger partial charge < -0.3 is 24.2 Å². The molecule has 1 saturated carbocycles. The minimum atomic E-state index is -0.328. The van der Waals surface area contributed by atoms with Crippen LogP contribution in [0.2, 0.25) is 0 Å². The molecule has 3 aromatic rings. The van der Waals surface area contributed by atoms with Gasteiger partial charge in [-0.3, -0.25) is 5.41 Å². The summed E-state index contributed by atoms with van der Waals surface area (Å²) >= 11 is 0. The molecule has 0 saturated heterocycles. The van der Waals surface area contributed by atoms with E-state index in [4.69, 9.17) is 14.6 Å². The zero-order chi connectivity index (χ0) is 20.1. The summed E-state index contributed by atoms with van der Waals surface area (Å²) in [4.78, 5) is 23.6. The minimum absolute atomic E-state index is 0. The second-order valence-electron chi connectivity index (χ2n) is 8.11. The highest BCUT2D eigenvalue weighted by atomic mass is 16.5. The van der Waals surface area contributed by atoms with E-state index >= 15 is 0 Å². The molecule has 30 heavy (non-hydrogen) atoms. The third kappa shape index (κ3) is 3.35. The Kier molecular flexibility index (Phi) is 5.07. The van der Waals surface area contributed by atoms with Crippen LogP contribution in [0.15, 0.2) is 33.5 Å². The molecule has 9 nitrogen and oxygen atoms in total. The lowest BCUT2D eigenvalue weighted by molar-refractivity contribution is 0.136. The molecule has 0 spiro atoms. The first-order chi connectivity index (χ1) is 14.0. The molecule has 0 aromatic carbocycles. The van der Waals surface area contributed by atoms with Crippen LogP contribution in [0.3, 0.4) is 0 Å². The summed E-state index contributed by atoms with van der Waals surface area (Å²) < 4.78 is 13.4. The molecule has 5 rings (SSSR count). The summed E-state index contributed by atoms with van der Waals surface area (Å²) in [5.41, 5.74) is 3.02. The van der Waals surface area contributed by atoms with Crippen molar-refractivity contribution in [2.75, 3.05) is 0 Å². The van der Waals surface area contributed by atoms with Gasteiger partial charge in [0.1, 0.15) is 28.7 Å². The number of aromatic nitrogens is 4. The van der Waals surface area contributed by atoms with Crippen LogP contribution in [0.1, 0.15) is 37.5 Å². The maximum atomic E-state index is 12.1. The number of hydrogen-bond acceptors (Lipinski definition) is 6. The number of aromatic amines is 1. The highest BCUT2D eigenvalue weighted by Gasteiger charge is 2.34. The van der Waals surface area contributed by atoms with E-state index in [1.54, 1.807) is 25.6 Å². The fourth-order valence-electron chi connectivity index (χ4n) is 4.54. The molecule has 4 heterocycles. The van der Waals surface area contributed by atoms with Gasteiger partial charge in [0.05, 0.1) is 12.7 Å². The molecule has 1 aliphatic carbocycles. The summed E-state index contributed by atoms with van der Waals surface area (Å²) in [5, 5.41) is 7.90. The van der Waals surface area contributed by atoms with Crippen molar-refractivity contribution < 1.29 is 14.6 Å². The first kappa shape index (κ1) is 20.1. The SMILES string of the molecule is Cc1cc2c(c(=O)o1)C=C1CC[C@H](C(C)Cn3cnc(=N)c4[nH]cnc43)C[C@@H]1O2.O. The van der Waals surface area contributed by atoms with Crippen LogP contribution >= 0.6 is 0 Å². The molecule has 0 bridgehead atoms. The number of hydrogen-bond donors (Lipinski definition) is 2. The standard InChI is InChI=1S/C21H23N5O3.H2O/c1-11(8-26-10-25-19(22)18-20(26)24-9-23-18)13-3-4-14-6-15-17(29-16(14)7-13)5-12(2)28-21(15)27;/h5-6,9-11,13,16,22H,3-4,7-8H2,1-2H3,(H,23,24);1H2/t11?,13-,16-;/m0./s1. The van der Waals surface area contributed by atoms with Gasteiger partial charge in [-0.2, -0.15) is 0 Å². The van der Waals surface area contributed by atoms with Crippen molar-refractivity contribution in [2.24, 2.45) is 11.8 Å². The Hall–Kier alpha value is -3.20. The summed E-state index contributed by atoms with van der Waals surface area (Å²) in [6, 6.07) is 1.80. The van der Waals surface area contributed by atoms with Gasteiger partial charge in [-0.1, -0.05) is 6.92 Å². The van der Waals surface area contributed by atoms with E-state index in [1.807, 2.05) is 10.6 Å². The van der Waals surface area contributed by atoms with Crippen molar-refractivity contribution in [3.8, 4) is 5.75 Å². The van der Waals surface area contributed by atoms with Crippen LogP contribution in [0.5, 0.6) is 5.75 Å². The first-order valence-corrected chi connectivity index (χ1v) is 9.94. The molecule has 9 heteroatoms. The number of rotatable bonds is 3. The van der Waals surface area contributed by atoms with Gasteiger partial charge >= 0.3 is 5.63 Å². The van der Waals surface area contributed by atoms with Crippen LogP contribution in [-0.4, -0.2) is 31.1 Å². The second-order valence-corrected chi connectivity index (χ2v) is 8.11. The van der Waals surface area contributed by atoms with Gasteiger partial charge in [0.25, 0.3) is 0 Å². The number of nitrogens with zero attached hydrogens (tertiary/aromatic N) is 3. The molecule has 1 fully saturated rings. The average Bonchev–Trinajstić information content (AvgIpc) is 3.19. The van der Waals surface area contributed by atoms with E-state index in [2.05, 4.69) is 21.9 Å². The van der Waals surface area contributed by atoms with E-state index < -0.39 is 0 Å². The van der Waals surface area contributed by atoms with E-state index in [0.717, 1.165) is 31.5 Å². The van der Waals surface area contributed by atoms with Gasteiger partial charge in [-0.25, -0.2) is 14.8 Å². The zero-order valence-electron chi connectivity index (χ0n) is 16.9. The smallest absolute Gasteiger partial charge is 0.346 e. The highest BCUT2D eigenvalue weighted by Crippen LogP contribution is 2.40. The third-order valence-corrected chi connectivity index (χ3v) is 6.15. The lowest BCUT2D eigenvalue weighted by Crippen LogP contribution is -2.34. The monoisotopic (exact) mass is 411 g/mol. The van der Waals surface area contributed by atoms with Gasteiger partial charge in [-0.05, 0) is 49.7 Å². The summed E-state index contributed by atoms with van der Waals surface area (Å²) in [6.45, 7) is 4.79. The lowest BCUT2D eigenvalue weighted by Gasteiger charge is -2.37. The lowest BCUT2D eigenvalue weighted by atomic mass is 9.76. The van der Waals surface area contributed by atoms with Crippen molar-refractivity contribution in [1.29, 1.82) is 5.41 Å². The van der Waals surface area contributed by atoms with Crippen LogP contribution in [0, 0.1) is 24.2 Å². The Labute approximate surface area is 172 Å². The van der Waals surface area contributed by atoms with E-state index in [-0.39, 0.29) is 22.7 Å². The maximum Gasteiger partial charge on any atom is 0.346 e. The number of ether oxygens (including phenoxy) is 1. The minimum Gasteiger partial charge on any atom is -0.485 e. The molecule has 158 valence electrons. The van der Waals surface area contributed by atoms with E-state index in [1.165, 1.54) is 5.57 Å². The molecule has 2 aliphatic rings. The second kappa shape index (κ2) is 7.56. The third-order valence-electron chi connectivity index (χ3n) is 6.15. The zero-order valence-corrected chi connectivity index (χ0v) is 16.9. The summed E-state index contributed by atoms with van der Waals surface area (Å²) in [5.74, 6) is 2.07. The molecular formula is C21H25N5O4. The van der Waals surface area contributed by atoms with Gasteiger partial charge in [0, 0.05) is 12.6 Å². The largest absolute Gasteiger partial charge is 0.485 e. The van der Waals surface area contributed by atoms with E-state index in [9.17, 15) is 4.79 Å². The molecule has 0 radical (unpaired) electrons. The van der Waals surface area contributed by atoms with Crippen molar-refractivity contribution in [1.82, 2.24) is 19.5 Å². The van der Waals surface area contributed by atoms with Crippen molar-refractivity contribution in [3.63, 3.8) is 0 Å². The Morgan fingerprint density at radius 2 is 2.23 bits per heavy atom. The maximum absolute atomic E-state index is 12.1. The number of fused-ring (bicyclic) bond motifs is 3. The topological polar surface area (TPSA) is 141 Å². The Balaban J connectivity index is 0.00000218. The van der Waals surface area contributed by atoms with Crippen LogP contribution in [-0.2, 0) is 6.54 Å². The Bertz CT molecular complexity index is 1240. The first-order valence-electron chi connectivity index (χ1n) is 9.94. The predicted molar refractivity (Wildman–Crippen MR) is 110 cm³/mol. The normalized spacial score (nSPS) is 21.1.